The van der Waals surface area contributed by atoms with Crippen molar-refractivity contribution in [1.82, 2.24) is 9.88 Å². The topological polar surface area (TPSA) is 55.6 Å². The van der Waals surface area contributed by atoms with Crippen molar-refractivity contribution in [1.29, 1.82) is 0 Å². The Hall–Kier alpha value is -1.88. The van der Waals surface area contributed by atoms with E-state index in [0.29, 0.717) is 38.6 Å². The predicted octanol–water partition coefficient (Wildman–Crippen LogP) is 1.54. The summed E-state index contributed by atoms with van der Waals surface area (Å²) in [5.41, 5.74) is 2.53. The Bertz CT molecular complexity index is 600. The van der Waals surface area contributed by atoms with Crippen LogP contribution in [-0.2, 0) is 16.0 Å². The molecule has 1 fully saturated rings. The smallest absolute Gasteiger partial charge is 0.227 e. The Kier molecular flexibility index (Phi) is 3.21. The van der Waals surface area contributed by atoms with Crippen molar-refractivity contribution in [2.75, 3.05) is 26.3 Å². The molecule has 0 saturated carbocycles. The van der Waals surface area contributed by atoms with Gasteiger partial charge in [0.15, 0.2) is 11.5 Å². The molecule has 100 valence electrons. The standard InChI is InChI=1S/C14H16N2O3/c1-10-15-12-3-2-11(8-13(12)19-10)9-14(17)16-4-6-18-7-5-16/h2-3,8H,4-7,9H2,1H3. The molecule has 0 atom stereocenters. The summed E-state index contributed by atoms with van der Waals surface area (Å²) in [5.74, 6) is 0.783. The van der Waals surface area contributed by atoms with Crippen molar-refractivity contribution >= 4 is 17.0 Å². The number of benzene rings is 1. The van der Waals surface area contributed by atoms with Crippen molar-refractivity contribution in [3.8, 4) is 0 Å². The number of hydrogen-bond donors (Lipinski definition) is 0. The van der Waals surface area contributed by atoms with Crippen LogP contribution in [0.5, 0.6) is 0 Å². The minimum atomic E-state index is 0.138. The van der Waals surface area contributed by atoms with E-state index in [0.717, 1.165) is 16.7 Å². The average molecular weight is 260 g/mol. The molecule has 1 saturated heterocycles. The van der Waals surface area contributed by atoms with E-state index in [1.54, 1.807) is 0 Å². The Morgan fingerprint density at radius 2 is 2.16 bits per heavy atom. The van der Waals surface area contributed by atoms with Crippen molar-refractivity contribution in [2.45, 2.75) is 13.3 Å². The van der Waals surface area contributed by atoms with Gasteiger partial charge in [-0.1, -0.05) is 6.07 Å². The van der Waals surface area contributed by atoms with Crippen molar-refractivity contribution < 1.29 is 13.9 Å². The first-order valence-electron chi connectivity index (χ1n) is 6.44. The van der Waals surface area contributed by atoms with Gasteiger partial charge >= 0.3 is 0 Å². The number of amides is 1. The van der Waals surface area contributed by atoms with Crippen LogP contribution >= 0.6 is 0 Å². The van der Waals surface area contributed by atoms with Gasteiger partial charge in [0.05, 0.1) is 19.6 Å². The minimum absolute atomic E-state index is 0.138. The zero-order chi connectivity index (χ0) is 13.2. The second-order valence-electron chi connectivity index (χ2n) is 4.70. The third kappa shape index (κ3) is 2.61. The van der Waals surface area contributed by atoms with Crippen LogP contribution in [0.4, 0.5) is 0 Å². The molecule has 1 aromatic carbocycles. The lowest BCUT2D eigenvalue weighted by Crippen LogP contribution is -2.41. The number of aryl methyl sites for hydroxylation is 1. The van der Waals surface area contributed by atoms with E-state index < -0.39 is 0 Å². The molecule has 0 unspecified atom stereocenters. The van der Waals surface area contributed by atoms with Gasteiger partial charge in [-0.3, -0.25) is 4.79 Å². The number of morpholine rings is 1. The van der Waals surface area contributed by atoms with Gasteiger partial charge in [-0.2, -0.15) is 0 Å². The zero-order valence-electron chi connectivity index (χ0n) is 10.9. The first-order chi connectivity index (χ1) is 9.22. The lowest BCUT2D eigenvalue weighted by Gasteiger charge is -2.26. The third-order valence-corrected chi connectivity index (χ3v) is 3.28. The van der Waals surface area contributed by atoms with Gasteiger partial charge < -0.3 is 14.1 Å². The minimum Gasteiger partial charge on any atom is -0.441 e. The van der Waals surface area contributed by atoms with E-state index in [-0.39, 0.29) is 5.91 Å². The predicted molar refractivity (Wildman–Crippen MR) is 69.8 cm³/mol. The van der Waals surface area contributed by atoms with Crippen molar-refractivity contribution in [3.63, 3.8) is 0 Å². The lowest BCUT2D eigenvalue weighted by molar-refractivity contribution is -0.134. The van der Waals surface area contributed by atoms with E-state index in [2.05, 4.69) is 4.98 Å². The summed E-state index contributed by atoms with van der Waals surface area (Å²) >= 11 is 0. The average Bonchev–Trinajstić information content (AvgIpc) is 2.79. The maximum Gasteiger partial charge on any atom is 0.227 e. The molecule has 0 aliphatic carbocycles. The number of carbonyl (C=O) groups is 1. The molecule has 5 nitrogen and oxygen atoms in total. The van der Waals surface area contributed by atoms with Crippen LogP contribution in [0, 0.1) is 6.92 Å². The van der Waals surface area contributed by atoms with Gasteiger partial charge in [0.25, 0.3) is 0 Å². The van der Waals surface area contributed by atoms with Crippen LogP contribution < -0.4 is 0 Å². The Morgan fingerprint density at radius 1 is 1.37 bits per heavy atom. The SMILES string of the molecule is Cc1nc2ccc(CC(=O)N3CCOCC3)cc2o1. The number of oxazole rings is 1. The maximum absolute atomic E-state index is 12.1. The van der Waals surface area contributed by atoms with E-state index in [1.165, 1.54) is 0 Å². The summed E-state index contributed by atoms with van der Waals surface area (Å²) < 4.78 is 10.7. The summed E-state index contributed by atoms with van der Waals surface area (Å²) in [7, 11) is 0. The quantitative estimate of drug-likeness (QED) is 0.822. The van der Waals surface area contributed by atoms with Crippen molar-refractivity contribution in [2.24, 2.45) is 0 Å². The summed E-state index contributed by atoms with van der Waals surface area (Å²) in [6, 6.07) is 5.73. The Labute approximate surface area is 111 Å². The monoisotopic (exact) mass is 260 g/mol. The first kappa shape index (κ1) is 12.2. The molecule has 19 heavy (non-hydrogen) atoms. The fourth-order valence-corrected chi connectivity index (χ4v) is 2.29. The second-order valence-corrected chi connectivity index (χ2v) is 4.70. The van der Waals surface area contributed by atoms with Gasteiger partial charge in [0, 0.05) is 20.0 Å². The lowest BCUT2D eigenvalue weighted by atomic mass is 10.1. The summed E-state index contributed by atoms with van der Waals surface area (Å²) in [5, 5.41) is 0. The molecular weight excluding hydrogens is 244 g/mol. The number of hydrogen-bond acceptors (Lipinski definition) is 4. The number of fused-ring (bicyclic) bond motifs is 1. The highest BCUT2D eigenvalue weighted by Crippen LogP contribution is 2.17. The molecule has 5 heteroatoms. The van der Waals surface area contributed by atoms with E-state index in [4.69, 9.17) is 9.15 Å². The molecule has 3 rings (SSSR count). The van der Waals surface area contributed by atoms with Crippen LogP contribution in [0.3, 0.4) is 0 Å². The zero-order valence-corrected chi connectivity index (χ0v) is 10.9. The van der Waals surface area contributed by atoms with Gasteiger partial charge in [-0.05, 0) is 17.7 Å². The van der Waals surface area contributed by atoms with Crippen molar-refractivity contribution in [3.05, 3.63) is 29.7 Å². The van der Waals surface area contributed by atoms with Gasteiger partial charge in [0.1, 0.15) is 5.52 Å². The Balaban J connectivity index is 1.74. The third-order valence-electron chi connectivity index (χ3n) is 3.28. The summed E-state index contributed by atoms with van der Waals surface area (Å²) in [6.07, 6.45) is 0.398. The Morgan fingerprint density at radius 3 is 2.95 bits per heavy atom. The molecular formula is C14H16N2O3. The van der Waals surface area contributed by atoms with E-state index >= 15 is 0 Å². The normalized spacial score (nSPS) is 15.9. The van der Waals surface area contributed by atoms with Gasteiger partial charge in [0.2, 0.25) is 5.91 Å². The largest absolute Gasteiger partial charge is 0.441 e. The molecule has 2 aromatic rings. The number of ether oxygens (including phenoxy) is 1. The molecule has 1 aromatic heterocycles. The van der Waals surface area contributed by atoms with Crippen LogP contribution in [-0.4, -0.2) is 42.1 Å². The molecule has 0 N–H and O–H groups in total. The highest BCUT2D eigenvalue weighted by atomic mass is 16.5. The highest BCUT2D eigenvalue weighted by Gasteiger charge is 2.17. The molecule has 0 spiro atoms. The van der Waals surface area contributed by atoms with E-state index in [9.17, 15) is 4.79 Å². The van der Waals surface area contributed by atoms with Gasteiger partial charge in [-0.15, -0.1) is 0 Å². The number of nitrogens with zero attached hydrogens (tertiary/aromatic N) is 2. The summed E-state index contributed by atoms with van der Waals surface area (Å²) in [4.78, 5) is 18.2. The first-order valence-corrected chi connectivity index (χ1v) is 6.44. The van der Waals surface area contributed by atoms with E-state index in [1.807, 2.05) is 30.0 Å². The molecule has 1 aliphatic heterocycles. The van der Waals surface area contributed by atoms with Crippen LogP contribution in [0.2, 0.25) is 0 Å². The number of rotatable bonds is 2. The number of aromatic nitrogens is 1. The van der Waals surface area contributed by atoms with Crippen LogP contribution in [0.15, 0.2) is 22.6 Å². The molecule has 0 radical (unpaired) electrons. The maximum atomic E-state index is 12.1. The van der Waals surface area contributed by atoms with Crippen LogP contribution in [0.1, 0.15) is 11.5 Å². The fraction of sp³-hybridized carbons (Fsp3) is 0.429. The van der Waals surface area contributed by atoms with Gasteiger partial charge in [-0.25, -0.2) is 4.98 Å². The molecule has 1 aliphatic rings. The molecule has 0 bridgehead atoms. The highest BCUT2D eigenvalue weighted by molar-refractivity contribution is 5.81. The summed E-state index contributed by atoms with van der Waals surface area (Å²) in [6.45, 7) is 4.45. The fourth-order valence-electron chi connectivity index (χ4n) is 2.29. The second kappa shape index (κ2) is 5.01. The molecule has 2 heterocycles. The van der Waals surface area contributed by atoms with Crippen LogP contribution in [0.25, 0.3) is 11.1 Å². The number of carbonyl (C=O) groups excluding carboxylic acids is 1. The molecule has 1 amide bonds.